The third-order valence-corrected chi connectivity index (χ3v) is 3.60. The lowest BCUT2D eigenvalue weighted by molar-refractivity contribution is -0.125. The van der Waals surface area contributed by atoms with Gasteiger partial charge in [0.15, 0.2) is 0 Å². The Labute approximate surface area is 123 Å². The van der Waals surface area contributed by atoms with Crippen LogP contribution >= 0.6 is 0 Å². The summed E-state index contributed by atoms with van der Waals surface area (Å²) in [6.45, 7) is 1.03. The predicted molar refractivity (Wildman–Crippen MR) is 82.3 cm³/mol. The molecule has 21 heavy (non-hydrogen) atoms. The number of carbonyl (C=O) groups is 1. The molecule has 0 bridgehead atoms. The van der Waals surface area contributed by atoms with Crippen LogP contribution in [0.3, 0.4) is 0 Å². The molecule has 1 aliphatic heterocycles. The third-order valence-electron chi connectivity index (χ3n) is 3.60. The van der Waals surface area contributed by atoms with E-state index in [1.54, 1.807) is 9.58 Å². The van der Waals surface area contributed by atoms with E-state index in [1.807, 2.05) is 56.7 Å². The molecule has 1 aliphatic rings. The van der Waals surface area contributed by atoms with Crippen LogP contribution in [0.25, 0.3) is 17.0 Å². The molecule has 0 radical (unpaired) electrons. The van der Waals surface area contributed by atoms with Crippen molar-refractivity contribution in [3.05, 3.63) is 48.2 Å². The highest BCUT2D eigenvalue weighted by molar-refractivity contribution is 5.91. The maximum absolute atomic E-state index is 12.0. The Balaban J connectivity index is 2.10. The molecular formula is C16H18N4O. The van der Waals surface area contributed by atoms with Crippen molar-refractivity contribution in [2.24, 2.45) is 7.05 Å². The number of hydrogen-bond acceptors (Lipinski definition) is 3. The van der Waals surface area contributed by atoms with Gasteiger partial charge < -0.3 is 10.2 Å². The molecule has 0 saturated carbocycles. The molecule has 5 nitrogen and oxygen atoms in total. The Morgan fingerprint density at radius 2 is 1.95 bits per heavy atom. The molecule has 0 spiro atoms. The van der Waals surface area contributed by atoms with Gasteiger partial charge in [0.05, 0.1) is 12.2 Å². The van der Waals surface area contributed by atoms with Crippen LogP contribution in [0.15, 0.2) is 42.6 Å². The zero-order chi connectivity index (χ0) is 14.8. The SMILES string of the molecule is CN1C(=O)CNCC=C1c1cn(C)nc1-c1ccccc1. The standard InChI is InChI=1S/C16H18N4O/c1-19-11-13(14-8-9-17-10-15(21)20(14)2)16(18-19)12-6-4-3-5-7-12/h3-8,11,17H,9-10H2,1-2H3. The Hall–Kier alpha value is -2.40. The summed E-state index contributed by atoms with van der Waals surface area (Å²) < 4.78 is 1.79. The van der Waals surface area contributed by atoms with Gasteiger partial charge >= 0.3 is 0 Å². The van der Waals surface area contributed by atoms with Crippen molar-refractivity contribution in [3.8, 4) is 11.3 Å². The lowest BCUT2D eigenvalue weighted by Gasteiger charge is -2.18. The van der Waals surface area contributed by atoms with Gasteiger partial charge in [0.1, 0.15) is 5.69 Å². The summed E-state index contributed by atoms with van der Waals surface area (Å²) in [6.07, 6.45) is 4.00. The van der Waals surface area contributed by atoms with Gasteiger partial charge in [-0.2, -0.15) is 5.10 Å². The second-order valence-electron chi connectivity index (χ2n) is 5.10. The maximum Gasteiger partial charge on any atom is 0.240 e. The van der Waals surface area contributed by atoms with Gasteiger partial charge in [-0.3, -0.25) is 9.48 Å². The zero-order valence-electron chi connectivity index (χ0n) is 12.2. The lowest BCUT2D eigenvalue weighted by atomic mass is 10.1. The van der Waals surface area contributed by atoms with E-state index in [-0.39, 0.29) is 5.91 Å². The summed E-state index contributed by atoms with van der Waals surface area (Å²) in [5.74, 6) is 0.0571. The molecule has 1 aromatic heterocycles. The van der Waals surface area contributed by atoms with Gasteiger partial charge in [-0.05, 0) is 6.08 Å². The van der Waals surface area contributed by atoms with Crippen molar-refractivity contribution >= 4 is 11.6 Å². The summed E-state index contributed by atoms with van der Waals surface area (Å²) >= 11 is 0. The number of aromatic nitrogens is 2. The van der Waals surface area contributed by atoms with Crippen LogP contribution in [0.1, 0.15) is 5.56 Å². The minimum absolute atomic E-state index is 0.0571. The van der Waals surface area contributed by atoms with Crippen LogP contribution in [0.4, 0.5) is 0 Å². The molecule has 1 N–H and O–H groups in total. The highest BCUT2D eigenvalue weighted by Crippen LogP contribution is 2.29. The number of likely N-dealkylation sites (N-methyl/N-ethyl adjacent to an activating group) is 1. The van der Waals surface area contributed by atoms with Gasteiger partial charge in [0, 0.05) is 38.0 Å². The number of rotatable bonds is 2. The van der Waals surface area contributed by atoms with Crippen molar-refractivity contribution in [2.75, 3.05) is 20.1 Å². The highest BCUT2D eigenvalue weighted by Gasteiger charge is 2.22. The molecule has 5 heteroatoms. The fourth-order valence-corrected chi connectivity index (χ4v) is 2.51. The minimum Gasteiger partial charge on any atom is -0.314 e. The average Bonchev–Trinajstić information content (AvgIpc) is 2.80. The van der Waals surface area contributed by atoms with Gasteiger partial charge in [-0.1, -0.05) is 30.3 Å². The Bertz CT molecular complexity index is 688. The quantitative estimate of drug-likeness (QED) is 0.908. The largest absolute Gasteiger partial charge is 0.314 e. The number of amides is 1. The average molecular weight is 282 g/mol. The van der Waals surface area contributed by atoms with Crippen LogP contribution < -0.4 is 5.32 Å². The Morgan fingerprint density at radius 1 is 1.19 bits per heavy atom. The van der Waals surface area contributed by atoms with Crippen LogP contribution in [-0.2, 0) is 11.8 Å². The minimum atomic E-state index is 0.0571. The summed E-state index contributed by atoms with van der Waals surface area (Å²) in [5, 5.41) is 7.66. The number of aryl methyl sites for hydroxylation is 1. The van der Waals surface area contributed by atoms with Crippen LogP contribution in [-0.4, -0.2) is 40.7 Å². The number of nitrogens with zero attached hydrogens (tertiary/aromatic N) is 3. The fourth-order valence-electron chi connectivity index (χ4n) is 2.51. The van der Waals surface area contributed by atoms with Crippen molar-refractivity contribution < 1.29 is 4.79 Å². The molecule has 2 heterocycles. The van der Waals surface area contributed by atoms with Gasteiger partial charge in [-0.15, -0.1) is 0 Å². The summed E-state index contributed by atoms with van der Waals surface area (Å²) in [4.78, 5) is 13.7. The lowest BCUT2D eigenvalue weighted by Crippen LogP contribution is -2.31. The summed E-state index contributed by atoms with van der Waals surface area (Å²) in [5.41, 5.74) is 3.82. The molecule has 3 rings (SSSR count). The second kappa shape index (κ2) is 5.54. The topological polar surface area (TPSA) is 50.2 Å². The predicted octanol–water partition coefficient (Wildman–Crippen LogP) is 1.49. The molecule has 0 aliphatic carbocycles. The first-order chi connectivity index (χ1) is 10.2. The first-order valence-electron chi connectivity index (χ1n) is 6.93. The number of benzene rings is 1. The monoisotopic (exact) mass is 282 g/mol. The number of nitrogens with one attached hydrogen (secondary N) is 1. The summed E-state index contributed by atoms with van der Waals surface area (Å²) in [7, 11) is 3.70. The van der Waals surface area contributed by atoms with Crippen LogP contribution in [0.2, 0.25) is 0 Å². The zero-order valence-corrected chi connectivity index (χ0v) is 12.2. The third kappa shape index (κ3) is 2.60. The molecule has 1 aromatic carbocycles. The first kappa shape index (κ1) is 13.6. The first-order valence-corrected chi connectivity index (χ1v) is 6.93. The molecule has 1 amide bonds. The molecule has 2 aromatic rings. The molecule has 0 saturated heterocycles. The van der Waals surface area contributed by atoms with Crippen LogP contribution in [0.5, 0.6) is 0 Å². The number of carbonyl (C=O) groups excluding carboxylic acids is 1. The van der Waals surface area contributed by atoms with E-state index in [2.05, 4.69) is 10.4 Å². The smallest absolute Gasteiger partial charge is 0.240 e. The normalized spacial score (nSPS) is 15.8. The Morgan fingerprint density at radius 3 is 2.71 bits per heavy atom. The van der Waals surface area contributed by atoms with E-state index in [1.165, 1.54) is 0 Å². The molecule has 0 atom stereocenters. The highest BCUT2D eigenvalue weighted by atomic mass is 16.2. The van der Waals surface area contributed by atoms with E-state index < -0.39 is 0 Å². The number of hydrogen-bond donors (Lipinski definition) is 1. The molecule has 0 unspecified atom stereocenters. The van der Waals surface area contributed by atoms with Gasteiger partial charge in [-0.25, -0.2) is 0 Å². The second-order valence-corrected chi connectivity index (χ2v) is 5.10. The van der Waals surface area contributed by atoms with Crippen molar-refractivity contribution in [1.82, 2.24) is 20.0 Å². The van der Waals surface area contributed by atoms with E-state index in [0.717, 1.165) is 22.5 Å². The van der Waals surface area contributed by atoms with E-state index in [9.17, 15) is 4.79 Å². The van der Waals surface area contributed by atoms with Crippen LogP contribution in [0, 0.1) is 0 Å². The molecule has 0 fully saturated rings. The van der Waals surface area contributed by atoms with Gasteiger partial charge in [0.2, 0.25) is 5.91 Å². The van der Waals surface area contributed by atoms with Crippen molar-refractivity contribution in [1.29, 1.82) is 0 Å². The fraction of sp³-hybridized carbons (Fsp3) is 0.250. The van der Waals surface area contributed by atoms with E-state index in [4.69, 9.17) is 0 Å². The Kier molecular flexibility index (Phi) is 3.58. The maximum atomic E-state index is 12.0. The van der Waals surface area contributed by atoms with Crippen molar-refractivity contribution in [3.63, 3.8) is 0 Å². The van der Waals surface area contributed by atoms with Crippen molar-refractivity contribution in [2.45, 2.75) is 0 Å². The molecular weight excluding hydrogens is 264 g/mol. The van der Waals surface area contributed by atoms with E-state index >= 15 is 0 Å². The van der Waals surface area contributed by atoms with E-state index in [0.29, 0.717) is 13.1 Å². The molecule has 108 valence electrons. The van der Waals surface area contributed by atoms with Gasteiger partial charge in [0.25, 0.3) is 0 Å². The summed E-state index contributed by atoms with van der Waals surface area (Å²) in [6, 6.07) is 10.0.